The molecule has 6 heteroatoms. The summed E-state index contributed by atoms with van der Waals surface area (Å²) in [6.45, 7) is 0. The molecule has 1 aromatic carbocycles. The number of carbonyl (C=O) groups excluding carboxylic acids is 1. The van der Waals surface area contributed by atoms with E-state index in [0.717, 1.165) is 46.5 Å². The molecule has 2 aromatic heterocycles. The Kier molecular flexibility index (Phi) is 4.72. The SMILES string of the molecule is O=C(c1cccc(Br)c1)N1N=C2/C(=C/c3ccco3)CCC[C@@H]2[C@H]1c1ccco1. The molecule has 29 heavy (non-hydrogen) atoms. The number of halogens is 1. The zero-order chi connectivity index (χ0) is 19.8. The van der Waals surface area contributed by atoms with Crippen molar-refractivity contribution < 1.29 is 13.6 Å². The monoisotopic (exact) mass is 450 g/mol. The van der Waals surface area contributed by atoms with E-state index < -0.39 is 0 Å². The Hall–Kier alpha value is -2.86. The quantitative estimate of drug-likeness (QED) is 0.486. The van der Waals surface area contributed by atoms with Crippen LogP contribution in [0.3, 0.4) is 0 Å². The minimum atomic E-state index is -0.244. The molecule has 0 saturated heterocycles. The number of fused-ring (bicyclic) bond motifs is 1. The van der Waals surface area contributed by atoms with E-state index >= 15 is 0 Å². The number of rotatable bonds is 3. The molecule has 5 rings (SSSR count). The topological polar surface area (TPSA) is 59.0 Å². The number of allylic oxidation sites excluding steroid dienone is 1. The highest BCUT2D eigenvalue weighted by Gasteiger charge is 2.45. The van der Waals surface area contributed by atoms with Crippen LogP contribution in [0, 0.1) is 5.92 Å². The molecule has 3 heterocycles. The van der Waals surface area contributed by atoms with Gasteiger partial charge in [-0.2, -0.15) is 5.10 Å². The number of benzene rings is 1. The van der Waals surface area contributed by atoms with Gasteiger partial charge < -0.3 is 8.83 Å². The number of nitrogens with zero attached hydrogens (tertiary/aromatic N) is 2. The first-order valence-electron chi connectivity index (χ1n) is 9.66. The fraction of sp³-hybridized carbons (Fsp3) is 0.217. The smallest absolute Gasteiger partial charge is 0.274 e. The van der Waals surface area contributed by atoms with E-state index in [4.69, 9.17) is 13.9 Å². The van der Waals surface area contributed by atoms with Crippen molar-refractivity contribution in [2.45, 2.75) is 25.3 Å². The maximum Gasteiger partial charge on any atom is 0.274 e. The molecule has 0 N–H and O–H groups in total. The van der Waals surface area contributed by atoms with Crippen molar-refractivity contribution >= 4 is 33.6 Å². The van der Waals surface area contributed by atoms with E-state index in [-0.39, 0.29) is 17.9 Å². The van der Waals surface area contributed by atoms with Gasteiger partial charge in [-0.3, -0.25) is 4.79 Å². The predicted octanol–water partition coefficient (Wildman–Crippen LogP) is 6.07. The first-order valence-corrected chi connectivity index (χ1v) is 10.5. The predicted molar refractivity (Wildman–Crippen MR) is 113 cm³/mol. The largest absolute Gasteiger partial charge is 0.467 e. The summed E-state index contributed by atoms with van der Waals surface area (Å²) in [7, 11) is 0. The molecule has 0 spiro atoms. The van der Waals surface area contributed by atoms with Gasteiger partial charge in [0.1, 0.15) is 17.6 Å². The van der Waals surface area contributed by atoms with Gasteiger partial charge in [0, 0.05) is 16.0 Å². The Morgan fingerprint density at radius 3 is 2.76 bits per heavy atom. The minimum Gasteiger partial charge on any atom is -0.467 e. The van der Waals surface area contributed by atoms with E-state index in [9.17, 15) is 4.79 Å². The van der Waals surface area contributed by atoms with Crippen LogP contribution in [0.25, 0.3) is 6.08 Å². The van der Waals surface area contributed by atoms with Gasteiger partial charge in [0.2, 0.25) is 0 Å². The first kappa shape index (κ1) is 18.2. The lowest BCUT2D eigenvalue weighted by Gasteiger charge is -2.27. The lowest BCUT2D eigenvalue weighted by Crippen LogP contribution is -2.31. The zero-order valence-corrected chi connectivity index (χ0v) is 17.2. The van der Waals surface area contributed by atoms with Crippen LogP contribution in [-0.2, 0) is 0 Å². The Morgan fingerprint density at radius 2 is 2.00 bits per heavy atom. The molecule has 1 fully saturated rings. The Morgan fingerprint density at radius 1 is 1.14 bits per heavy atom. The third-order valence-electron chi connectivity index (χ3n) is 5.48. The molecule has 2 atom stereocenters. The molecular weight excluding hydrogens is 432 g/mol. The number of amides is 1. The molecular formula is C23H19BrN2O3. The Bertz CT molecular complexity index is 1080. The summed E-state index contributed by atoms with van der Waals surface area (Å²) >= 11 is 3.45. The van der Waals surface area contributed by atoms with Gasteiger partial charge in [-0.25, -0.2) is 5.01 Å². The highest BCUT2D eigenvalue weighted by molar-refractivity contribution is 9.10. The van der Waals surface area contributed by atoms with Crippen LogP contribution in [0.2, 0.25) is 0 Å². The molecule has 3 aromatic rings. The lowest BCUT2D eigenvalue weighted by molar-refractivity contribution is 0.0656. The zero-order valence-electron chi connectivity index (χ0n) is 15.6. The second-order valence-corrected chi connectivity index (χ2v) is 8.20. The Balaban J connectivity index is 1.57. The number of hydrogen-bond donors (Lipinski definition) is 0. The molecule has 146 valence electrons. The number of hydrazone groups is 1. The molecule has 1 aliphatic heterocycles. The molecule has 1 saturated carbocycles. The average Bonchev–Trinajstić information content (AvgIpc) is 3.48. The van der Waals surface area contributed by atoms with E-state index in [2.05, 4.69) is 15.9 Å². The first-order chi connectivity index (χ1) is 14.2. The maximum atomic E-state index is 13.4. The summed E-state index contributed by atoms with van der Waals surface area (Å²) in [4.78, 5) is 13.4. The van der Waals surface area contributed by atoms with Gasteiger partial charge in [0.15, 0.2) is 0 Å². The summed E-state index contributed by atoms with van der Waals surface area (Å²) in [5.74, 6) is 1.53. The molecule has 5 nitrogen and oxygen atoms in total. The van der Waals surface area contributed by atoms with Crippen LogP contribution in [0.1, 0.15) is 47.2 Å². The van der Waals surface area contributed by atoms with Crippen LogP contribution in [-0.4, -0.2) is 16.6 Å². The molecule has 2 aliphatic rings. The van der Waals surface area contributed by atoms with Crippen LogP contribution < -0.4 is 0 Å². The van der Waals surface area contributed by atoms with Gasteiger partial charge in [-0.15, -0.1) is 0 Å². The third kappa shape index (κ3) is 3.38. The average molecular weight is 451 g/mol. The summed E-state index contributed by atoms with van der Waals surface area (Å²) in [6, 6.07) is 14.7. The molecule has 1 aliphatic carbocycles. The molecule has 0 unspecified atom stereocenters. The van der Waals surface area contributed by atoms with Crippen molar-refractivity contribution in [1.29, 1.82) is 0 Å². The van der Waals surface area contributed by atoms with Crippen LogP contribution in [0.4, 0.5) is 0 Å². The van der Waals surface area contributed by atoms with Gasteiger partial charge in [0.25, 0.3) is 5.91 Å². The van der Waals surface area contributed by atoms with Crippen molar-refractivity contribution in [2.24, 2.45) is 11.0 Å². The molecule has 1 amide bonds. The maximum absolute atomic E-state index is 13.4. The summed E-state index contributed by atoms with van der Waals surface area (Å²) in [5.41, 5.74) is 2.67. The fourth-order valence-electron chi connectivity index (χ4n) is 4.20. The minimum absolute atomic E-state index is 0.104. The van der Waals surface area contributed by atoms with Crippen molar-refractivity contribution in [1.82, 2.24) is 5.01 Å². The lowest BCUT2D eigenvalue weighted by atomic mass is 9.79. The van der Waals surface area contributed by atoms with Gasteiger partial charge >= 0.3 is 0 Å². The normalized spacial score (nSPS) is 22.6. The number of hydrogen-bond acceptors (Lipinski definition) is 4. The fourth-order valence-corrected chi connectivity index (χ4v) is 4.60. The molecule has 0 bridgehead atoms. The summed E-state index contributed by atoms with van der Waals surface area (Å²) in [5, 5.41) is 6.43. The van der Waals surface area contributed by atoms with E-state index in [0.29, 0.717) is 5.56 Å². The van der Waals surface area contributed by atoms with Gasteiger partial charge in [-0.05, 0) is 73.4 Å². The van der Waals surface area contributed by atoms with Crippen molar-refractivity contribution in [2.75, 3.05) is 0 Å². The summed E-state index contributed by atoms with van der Waals surface area (Å²) < 4.78 is 12.1. The van der Waals surface area contributed by atoms with Crippen molar-refractivity contribution in [3.63, 3.8) is 0 Å². The van der Waals surface area contributed by atoms with Crippen LogP contribution in [0.5, 0.6) is 0 Å². The standard InChI is InChI=1S/C23H19BrN2O3/c24-17-7-1-6-16(13-17)23(27)26-22(20-10-4-12-29-20)19-9-2-5-15(21(19)25-26)14-18-8-3-11-28-18/h1,3-4,6-8,10-14,19,22H,2,5,9H2/b15-14+/t19-,22-/m0/s1. The second-order valence-electron chi connectivity index (χ2n) is 7.29. The highest BCUT2D eigenvalue weighted by Crippen LogP contribution is 2.45. The second kappa shape index (κ2) is 7.52. The van der Waals surface area contributed by atoms with Crippen LogP contribution >= 0.6 is 15.9 Å². The van der Waals surface area contributed by atoms with Crippen molar-refractivity contribution in [3.05, 3.63) is 88.2 Å². The Labute approximate surface area is 176 Å². The number of carbonyl (C=O) groups is 1. The van der Waals surface area contributed by atoms with Crippen LogP contribution in [0.15, 0.2) is 85.0 Å². The van der Waals surface area contributed by atoms with E-state index in [1.807, 2.05) is 54.6 Å². The number of furan rings is 2. The van der Waals surface area contributed by atoms with E-state index in [1.165, 1.54) is 0 Å². The van der Waals surface area contributed by atoms with Gasteiger partial charge in [-0.1, -0.05) is 22.0 Å². The summed E-state index contributed by atoms with van der Waals surface area (Å²) in [6.07, 6.45) is 8.26. The van der Waals surface area contributed by atoms with E-state index in [1.54, 1.807) is 17.5 Å². The van der Waals surface area contributed by atoms with Gasteiger partial charge in [0.05, 0.1) is 18.2 Å². The molecule has 0 radical (unpaired) electrons. The third-order valence-corrected chi connectivity index (χ3v) is 5.97. The highest BCUT2D eigenvalue weighted by atomic mass is 79.9. The van der Waals surface area contributed by atoms with Crippen molar-refractivity contribution in [3.8, 4) is 0 Å².